The van der Waals surface area contributed by atoms with E-state index in [-0.39, 0.29) is 17.4 Å². The molecule has 0 fully saturated rings. The molecule has 8 heteroatoms. The predicted molar refractivity (Wildman–Crippen MR) is 109 cm³/mol. The second-order valence-electron chi connectivity index (χ2n) is 6.62. The molecular weight excluding hydrogens is 376 g/mol. The Morgan fingerprint density at radius 2 is 1.96 bits per heavy atom. The number of carbonyl (C=O) groups is 1. The van der Waals surface area contributed by atoms with Gasteiger partial charge in [0.2, 0.25) is 10.0 Å². The van der Waals surface area contributed by atoms with Gasteiger partial charge in [-0.05, 0) is 55.7 Å². The number of benzene rings is 2. The van der Waals surface area contributed by atoms with Crippen LogP contribution in [0.2, 0.25) is 0 Å². The molecule has 0 radical (unpaired) electrons. The minimum Gasteiger partial charge on any atom is -0.321 e. The summed E-state index contributed by atoms with van der Waals surface area (Å²) in [6.07, 6.45) is 2.97. The van der Waals surface area contributed by atoms with Gasteiger partial charge >= 0.3 is 0 Å². The van der Waals surface area contributed by atoms with Crippen molar-refractivity contribution in [1.29, 1.82) is 0 Å². The summed E-state index contributed by atoms with van der Waals surface area (Å²) in [5.74, 6) is -0.294. The van der Waals surface area contributed by atoms with Crippen LogP contribution >= 0.6 is 0 Å². The van der Waals surface area contributed by atoms with Crippen LogP contribution in [-0.2, 0) is 16.4 Å². The average molecular weight is 396 g/mol. The van der Waals surface area contributed by atoms with E-state index >= 15 is 0 Å². The zero-order valence-corrected chi connectivity index (χ0v) is 16.2. The zero-order chi connectivity index (χ0) is 19.7. The number of amides is 1. The van der Waals surface area contributed by atoms with Crippen molar-refractivity contribution in [2.75, 3.05) is 21.9 Å². The highest BCUT2D eigenvalue weighted by molar-refractivity contribution is 7.92. The molecule has 0 saturated carbocycles. The largest absolute Gasteiger partial charge is 0.321 e. The molecule has 144 valence electrons. The summed E-state index contributed by atoms with van der Waals surface area (Å²) in [6, 6.07) is 12.7. The van der Waals surface area contributed by atoms with Crippen molar-refractivity contribution < 1.29 is 13.2 Å². The Morgan fingerprint density at radius 3 is 2.75 bits per heavy atom. The smallest absolute Gasteiger partial charge is 0.275 e. The number of carbonyl (C=O) groups excluding carboxylic acids is 1. The first-order chi connectivity index (χ1) is 13.5. The fourth-order valence-electron chi connectivity index (χ4n) is 3.35. The summed E-state index contributed by atoms with van der Waals surface area (Å²) >= 11 is 0. The van der Waals surface area contributed by atoms with Crippen LogP contribution < -0.4 is 9.62 Å². The molecule has 1 aromatic heterocycles. The van der Waals surface area contributed by atoms with Gasteiger partial charge in [0.1, 0.15) is 5.69 Å². The maximum absolute atomic E-state index is 12.6. The molecule has 1 aliphatic heterocycles. The van der Waals surface area contributed by atoms with E-state index in [1.54, 1.807) is 25.1 Å². The van der Waals surface area contributed by atoms with Crippen LogP contribution in [0.1, 0.15) is 29.4 Å². The molecule has 4 rings (SSSR count). The van der Waals surface area contributed by atoms with E-state index in [1.165, 1.54) is 10.5 Å². The average Bonchev–Trinajstić information content (AvgIpc) is 2.72. The summed E-state index contributed by atoms with van der Waals surface area (Å²) in [7, 11) is -3.31. The van der Waals surface area contributed by atoms with Gasteiger partial charge in [-0.15, -0.1) is 0 Å². The van der Waals surface area contributed by atoms with Crippen molar-refractivity contribution in [2.45, 2.75) is 19.8 Å². The van der Waals surface area contributed by atoms with Gasteiger partial charge in [0, 0.05) is 12.2 Å². The highest BCUT2D eigenvalue weighted by Crippen LogP contribution is 2.31. The van der Waals surface area contributed by atoms with E-state index in [4.69, 9.17) is 0 Å². The van der Waals surface area contributed by atoms with Crippen LogP contribution in [0.15, 0.2) is 48.7 Å². The Bertz CT molecular complexity index is 1160. The Kier molecular flexibility index (Phi) is 4.72. The monoisotopic (exact) mass is 396 g/mol. The van der Waals surface area contributed by atoms with Crippen molar-refractivity contribution in [3.8, 4) is 0 Å². The summed E-state index contributed by atoms with van der Waals surface area (Å²) in [6.45, 7) is 2.13. The van der Waals surface area contributed by atoms with E-state index < -0.39 is 10.0 Å². The first kappa shape index (κ1) is 18.4. The number of fused-ring (bicyclic) bond motifs is 2. The lowest BCUT2D eigenvalue weighted by Gasteiger charge is -2.30. The molecule has 0 saturated heterocycles. The van der Waals surface area contributed by atoms with Crippen molar-refractivity contribution in [1.82, 2.24) is 9.97 Å². The zero-order valence-electron chi connectivity index (χ0n) is 15.4. The van der Waals surface area contributed by atoms with E-state index in [2.05, 4.69) is 15.3 Å². The Balaban J connectivity index is 1.59. The van der Waals surface area contributed by atoms with E-state index in [0.29, 0.717) is 23.4 Å². The summed E-state index contributed by atoms with van der Waals surface area (Å²) in [5.41, 5.74) is 3.81. The number of sulfonamides is 1. The molecule has 0 atom stereocenters. The number of anilines is 2. The van der Waals surface area contributed by atoms with Gasteiger partial charge in [-0.2, -0.15) is 0 Å². The minimum absolute atomic E-state index is 0.0611. The first-order valence-electron chi connectivity index (χ1n) is 9.14. The van der Waals surface area contributed by atoms with Crippen LogP contribution in [-0.4, -0.2) is 36.6 Å². The van der Waals surface area contributed by atoms with Crippen molar-refractivity contribution in [3.63, 3.8) is 0 Å². The van der Waals surface area contributed by atoms with Gasteiger partial charge in [0.15, 0.2) is 0 Å². The van der Waals surface area contributed by atoms with Crippen LogP contribution in [0.4, 0.5) is 11.4 Å². The van der Waals surface area contributed by atoms with Crippen molar-refractivity contribution in [2.24, 2.45) is 0 Å². The molecule has 1 amide bonds. The summed E-state index contributed by atoms with van der Waals surface area (Å²) < 4.78 is 26.1. The number of hydrogen-bond donors (Lipinski definition) is 1. The van der Waals surface area contributed by atoms with Crippen LogP contribution in [0.3, 0.4) is 0 Å². The lowest BCUT2D eigenvalue weighted by atomic mass is 10.0. The molecule has 28 heavy (non-hydrogen) atoms. The fraction of sp³-hybridized carbons (Fsp3) is 0.250. The third-order valence-electron chi connectivity index (χ3n) is 4.80. The molecule has 1 N–H and O–H groups in total. The Labute approximate surface area is 163 Å². The second kappa shape index (κ2) is 7.20. The highest BCUT2D eigenvalue weighted by Gasteiger charge is 2.26. The van der Waals surface area contributed by atoms with Crippen LogP contribution in [0.25, 0.3) is 11.0 Å². The quantitative estimate of drug-likeness (QED) is 0.732. The Morgan fingerprint density at radius 1 is 1.18 bits per heavy atom. The van der Waals surface area contributed by atoms with Crippen molar-refractivity contribution >= 4 is 38.3 Å². The standard InChI is InChI=1S/C20H20N4O3S/c1-2-28(26,27)24-11-5-6-14-12-15(9-10-19(14)24)22-20(25)18-13-21-16-7-3-4-8-17(16)23-18/h3-4,7-10,12-13H,2,5-6,11H2,1H3,(H,22,25). The minimum atomic E-state index is -3.31. The van der Waals surface area contributed by atoms with Gasteiger partial charge in [0.05, 0.1) is 28.7 Å². The number of aromatic nitrogens is 2. The van der Waals surface area contributed by atoms with E-state index in [9.17, 15) is 13.2 Å². The van der Waals surface area contributed by atoms with Gasteiger partial charge < -0.3 is 5.32 Å². The number of rotatable bonds is 4. The number of nitrogens with one attached hydrogen (secondary N) is 1. The van der Waals surface area contributed by atoms with Gasteiger partial charge in [0.25, 0.3) is 5.91 Å². The topological polar surface area (TPSA) is 92.3 Å². The molecular formula is C20H20N4O3S. The van der Waals surface area contributed by atoms with Crippen LogP contribution in [0.5, 0.6) is 0 Å². The normalized spacial score (nSPS) is 14.0. The third-order valence-corrected chi connectivity index (χ3v) is 6.58. The number of nitrogens with zero attached hydrogens (tertiary/aromatic N) is 3. The molecule has 2 heterocycles. The highest BCUT2D eigenvalue weighted by atomic mass is 32.2. The van der Waals surface area contributed by atoms with Gasteiger partial charge in [-0.25, -0.2) is 13.4 Å². The molecule has 0 unspecified atom stereocenters. The number of aryl methyl sites for hydroxylation is 1. The molecule has 0 spiro atoms. The van der Waals surface area contributed by atoms with Gasteiger partial charge in [-0.3, -0.25) is 14.1 Å². The second-order valence-corrected chi connectivity index (χ2v) is 8.80. The predicted octanol–water partition coefficient (Wildman–Crippen LogP) is 2.98. The summed E-state index contributed by atoms with van der Waals surface area (Å²) in [5, 5.41) is 2.83. The molecule has 7 nitrogen and oxygen atoms in total. The number of hydrogen-bond acceptors (Lipinski definition) is 5. The molecule has 1 aliphatic rings. The maximum atomic E-state index is 12.6. The molecule has 2 aromatic carbocycles. The number of para-hydroxylation sites is 2. The van der Waals surface area contributed by atoms with Crippen molar-refractivity contribution in [3.05, 3.63) is 59.9 Å². The first-order valence-corrected chi connectivity index (χ1v) is 10.8. The summed E-state index contributed by atoms with van der Waals surface area (Å²) in [4.78, 5) is 21.2. The Hall–Kier alpha value is -3.00. The van der Waals surface area contributed by atoms with Gasteiger partial charge in [-0.1, -0.05) is 12.1 Å². The lowest BCUT2D eigenvalue weighted by Crippen LogP contribution is -2.36. The third kappa shape index (κ3) is 3.43. The van der Waals surface area contributed by atoms with Crippen LogP contribution in [0, 0.1) is 0 Å². The fourth-order valence-corrected chi connectivity index (χ4v) is 4.54. The SMILES string of the molecule is CCS(=O)(=O)N1CCCc2cc(NC(=O)c3cnc4ccccc4n3)ccc21. The molecule has 0 aliphatic carbocycles. The molecule has 3 aromatic rings. The molecule has 0 bridgehead atoms. The lowest BCUT2D eigenvalue weighted by molar-refractivity contribution is 0.102. The van der Waals surface area contributed by atoms with E-state index in [1.807, 2.05) is 24.3 Å². The van der Waals surface area contributed by atoms with E-state index in [0.717, 1.165) is 23.9 Å². The maximum Gasteiger partial charge on any atom is 0.275 e.